The topological polar surface area (TPSA) is 79.0 Å². The predicted molar refractivity (Wildman–Crippen MR) is 123 cm³/mol. The van der Waals surface area contributed by atoms with Crippen LogP contribution < -0.4 is 15.4 Å². The molecule has 4 aromatic rings. The fraction of sp³-hybridized carbons (Fsp3) is 0.200. The first-order chi connectivity index (χ1) is 15.2. The molecule has 3 aromatic carbocycles. The van der Waals surface area contributed by atoms with Gasteiger partial charge in [-0.2, -0.15) is 0 Å². The zero-order valence-corrected chi connectivity index (χ0v) is 17.5. The quantitative estimate of drug-likeness (QED) is 0.358. The first-order valence-corrected chi connectivity index (χ1v) is 10.4. The summed E-state index contributed by atoms with van der Waals surface area (Å²) in [4.78, 5) is 20.0. The van der Waals surface area contributed by atoms with Crippen molar-refractivity contribution >= 4 is 22.6 Å². The molecule has 0 spiro atoms. The molecule has 0 saturated carbocycles. The van der Waals surface area contributed by atoms with Crippen molar-refractivity contribution in [3.8, 4) is 5.75 Å². The minimum Gasteiger partial charge on any atom is -0.484 e. The van der Waals surface area contributed by atoms with Crippen molar-refractivity contribution in [2.75, 3.05) is 18.5 Å². The third-order valence-electron chi connectivity index (χ3n) is 4.93. The van der Waals surface area contributed by atoms with Crippen molar-refractivity contribution in [2.45, 2.75) is 19.9 Å². The molecule has 1 heterocycles. The van der Waals surface area contributed by atoms with Crippen LogP contribution in [0.25, 0.3) is 11.0 Å². The Morgan fingerprint density at radius 2 is 1.77 bits per heavy atom. The number of anilines is 1. The van der Waals surface area contributed by atoms with Gasteiger partial charge < -0.3 is 20.4 Å². The molecule has 0 atom stereocenters. The molecule has 0 aliphatic rings. The van der Waals surface area contributed by atoms with E-state index in [-0.39, 0.29) is 12.5 Å². The van der Waals surface area contributed by atoms with Crippen molar-refractivity contribution in [3.05, 3.63) is 89.7 Å². The number of hydrogen-bond donors (Lipinski definition) is 3. The van der Waals surface area contributed by atoms with Crippen LogP contribution in [0.1, 0.15) is 17.0 Å². The standard InChI is InChI=1S/C25H26N4O2/c1-18-6-10-20(11-7-18)27-25(30)17-31-21-12-8-19(9-13-21)16-26-15-14-24-28-22-4-2-3-5-23(22)29-24/h2-13,26H,14-17H2,1H3,(H,27,30)(H,28,29). The average molecular weight is 415 g/mol. The molecule has 1 aromatic heterocycles. The van der Waals surface area contributed by atoms with Gasteiger partial charge in [-0.1, -0.05) is 42.0 Å². The Hall–Kier alpha value is -3.64. The number of carbonyl (C=O) groups is 1. The fourth-order valence-corrected chi connectivity index (χ4v) is 3.25. The fourth-order valence-electron chi connectivity index (χ4n) is 3.25. The number of aromatic nitrogens is 2. The highest BCUT2D eigenvalue weighted by Crippen LogP contribution is 2.13. The summed E-state index contributed by atoms with van der Waals surface area (Å²) in [5.41, 5.74) is 5.14. The predicted octanol–water partition coefficient (Wildman–Crippen LogP) is 4.22. The molecule has 4 rings (SSSR count). The number of ether oxygens (including phenoxy) is 1. The summed E-state index contributed by atoms with van der Waals surface area (Å²) in [6.45, 7) is 3.57. The number of aromatic amines is 1. The number of H-pyrrole nitrogens is 1. The highest BCUT2D eigenvalue weighted by molar-refractivity contribution is 5.91. The van der Waals surface area contributed by atoms with E-state index < -0.39 is 0 Å². The molecule has 6 heteroatoms. The normalized spacial score (nSPS) is 10.9. The second kappa shape index (κ2) is 9.91. The summed E-state index contributed by atoms with van der Waals surface area (Å²) >= 11 is 0. The van der Waals surface area contributed by atoms with Crippen molar-refractivity contribution in [2.24, 2.45) is 0 Å². The van der Waals surface area contributed by atoms with Gasteiger partial charge in [0.25, 0.3) is 5.91 Å². The lowest BCUT2D eigenvalue weighted by Gasteiger charge is -2.09. The number of hydrogen-bond acceptors (Lipinski definition) is 4. The zero-order chi connectivity index (χ0) is 21.5. The van der Waals surface area contributed by atoms with Crippen LogP contribution in [0.3, 0.4) is 0 Å². The summed E-state index contributed by atoms with van der Waals surface area (Å²) in [6.07, 6.45) is 0.839. The van der Waals surface area contributed by atoms with Crippen molar-refractivity contribution in [3.63, 3.8) is 0 Å². The Balaban J connectivity index is 1.17. The lowest BCUT2D eigenvalue weighted by atomic mass is 10.2. The highest BCUT2D eigenvalue weighted by atomic mass is 16.5. The number of nitrogens with one attached hydrogen (secondary N) is 3. The van der Waals surface area contributed by atoms with Crippen molar-refractivity contribution < 1.29 is 9.53 Å². The summed E-state index contributed by atoms with van der Waals surface area (Å²) in [7, 11) is 0. The van der Waals surface area contributed by atoms with Gasteiger partial charge in [0.2, 0.25) is 0 Å². The molecule has 0 bridgehead atoms. The lowest BCUT2D eigenvalue weighted by molar-refractivity contribution is -0.118. The zero-order valence-electron chi connectivity index (χ0n) is 17.5. The number of amides is 1. The third-order valence-corrected chi connectivity index (χ3v) is 4.93. The highest BCUT2D eigenvalue weighted by Gasteiger charge is 2.05. The number of carbonyl (C=O) groups excluding carboxylic acids is 1. The molecular weight excluding hydrogens is 388 g/mol. The Morgan fingerprint density at radius 1 is 1.00 bits per heavy atom. The molecule has 0 aliphatic heterocycles. The summed E-state index contributed by atoms with van der Waals surface area (Å²) in [5, 5.41) is 6.26. The summed E-state index contributed by atoms with van der Waals surface area (Å²) < 4.78 is 5.59. The smallest absolute Gasteiger partial charge is 0.262 e. The van der Waals surface area contributed by atoms with Crippen LogP contribution >= 0.6 is 0 Å². The Kier molecular flexibility index (Phi) is 6.59. The first-order valence-electron chi connectivity index (χ1n) is 10.4. The Bertz CT molecular complexity index is 1100. The molecule has 0 radical (unpaired) electrons. The van der Waals surface area contributed by atoms with Crippen molar-refractivity contribution in [1.82, 2.24) is 15.3 Å². The van der Waals surface area contributed by atoms with E-state index in [2.05, 4.69) is 20.6 Å². The van der Waals surface area contributed by atoms with Gasteiger partial charge in [-0.05, 0) is 48.9 Å². The van der Waals surface area contributed by atoms with E-state index in [0.717, 1.165) is 53.2 Å². The SMILES string of the molecule is Cc1ccc(NC(=O)COc2ccc(CNCCc3nc4ccccc4[nH]3)cc2)cc1. The lowest BCUT2D eigenvalue weighted by Crippen LogP contribution is -2.20. The monoisotopic (exact) mass is 414 g/mol. The minimum atomic E-state index is -0.180. The number of fused-ring (bicyclic) bond motifs is 1. The number of para-hydroxylation sites is 2. The van der Waals surface area contributed by atoms with E-state index in [1.807, 2.05) is 79.7 Å². The molecule has 31 heavy (non-hydrogen) atoms. The van der Waals surface area contributed by atoms with Gasteiger partial charge in [0.15, 0.2) is 6.61 Å². The molecule has 0 aliphatic carbocycles. The van der Waals surface area contributed by atoms with Gasteiger partial charge in [-0.15, -0.1) is 0 Å². The van der Waals surface area contributed by atoms with Crippen LogP contribution in [-0.2, 0) is 17.8 Å². The third kappa shape index (κ3) is 5.93. The molecule has 3 N–H and O–H groups in total. The molecule has 6 nitrogen and oxygen atoms in total. The number of rotatable bonds is 9. The van der Waals surface area contributed by atoms with Crippen molar-refractivity contribution in [1.29, 1.82) is 0 Å². The second-order valence-corrected chi connectivity index (χ2v) is 7.47. The maximum absolute atomic E-state index is 12.0. The molecule has 1 amide bonds. The van der Waals surface area contributed by atoms with Gasteiger partial charge >= 0.3 is 0 Å². The van der Waals surface area contributed by atoms with Gasteiger partial charge in [0, 0.05) is 25.2 Å². The maximum Gasteiger partial charge on any atom is 0.262 e. The van der Waals surface area contributed by atoms with E-state index in [0.29, 0.717) is 5.75 Å². The van der Waals surface area contributed by atoms with Crippen LogP contribution in [0.4, 0.5) is 5.69 Å². The Labute approximate surface area is 181 Å². The van der Waals surface area contributed by atoms with E-state index >= 15 is 0 Å². The Morgan fingerprint density at radius 3 is 2.55 bits per heavy atom. The molecule has 0 unspecified atom stereocenters. The maximum atomic E-state index is 12.0. The van der Waals surface area contributed by atoms with Gasteiger partial charge in [-0.25, -0.2) is 4.98 Å². The first kappa shape index (κ1) is 20.6. The molecule has 158 valence electrons. The largest absolute Gasteiger partial charge is 0.484 e. The number of aryl methyl sites for hydroxylation is 1. The number of benzene rings is 3. The van der Waals surface area contributed by atoms with Gasteiger partial charge in [0.05, 0.1) is 11.0 Å². The summed E-state index contributed by atoms with van der Waals surface area (Å²) in [6, 6.07) is 23.5. The van der Waals surface area contributed by atoms with Gasteiger partial charge in [0.1, 0.15) is 11.6 Å². The van der Waals surface area contributed by atoms with Crippen LogP contribution in [0.2, 0.25) is 0 Å². The number of imidazole rings is 1. The van der Waals surface area contributed by atoms with Crippen LogP contribution in [0.15, 0.2) is 72.8 Å². The molecular formula is C25H26N4O2. The van der Waals surface area contributed by atoms with Crippen LogP contribution in [0.5, 0.6) is 5.75 Å². The second-order valence-electron chi connectivity index (χ2n) is 7.47. The summed E-state index contributed by atoms with van der Waals surface area (Å²) in [5.74, 6) is 1.48. The van der Waals surface area contributed by atoms with E-state index in [4.69, 9.17) is 4.74 Å². The van der Waals surface area contributed by atoms with Gasteiger partial charge in [-0.3, -0.25) is 4.79 Å². The minimum absolute atomic E-state index is 0.0248. The van der Waals surface area contributed by atoms with E-state index in [1.54, 1.807) is 0 Å². The van der Waals surface area contributed by atoms with Crippen LogP contribution in [-0.4, -0.2) is 29.0 Å². The molecule has 0 fully saturated rings. The molecule has 0 saturated heterocycles. The van der Waals surface area contributed by atoms with Crippen LogP contribution in [0, 0.1) is 6.92 Å². The number of nitrogens with zero attached hydrogens (tertiary/aromatic N) is 1. The average Bonchev–Trinajstić information content (AvgIpc) is 3.21. The van der Waals surface area contributed by atoms with E-state index in [1.165, 1.54) is 0 Å². The van der Waals surface area contributed by atoms with E-state index in [9.17, 15) is 4.79 Å².